The summed E-state index contributed by atoms with van der Waals surface area (Å²) >= 11 is 6.30. The Kier molecular flexibility index (Phi) is 3.05. The fourth-order valence-corrected chi connectivity index (χ4v) is 2.42. The average Bonchev–Trinajstić information content (AvgIpc) is 2.84. The zero-order chi connectivity index (χ0) is 13.4. The number of fused-ring (bicyclic) bond motifs is 1. The number of rotatable bonds is 2. The highest BCUT2D eigenvalue weighted by Gasteiger charge is 2.12. The number of hydrogen-bond donors (Lipinski definition) is 1. The number of hydrogen-bond acceptors (Lipinski definition) is 2. The van der Waals surface area contributed by atoms with Crippen LogP contribution < -0.4 is 5.73 Å². The van der Waals surface area contributed by atoms with Crippen LogP contribution in [0.5, 0.6) is 0 Å². The summed E-state index contributed by atoms with van der Waals surface area (Å²) in [5.41, 5.74) is 8.76. The van der Waals surface area contributed by atoms with Crippen LogP contribution in [0.15, 0.2) is 52.9 Å². The van der Waals surface area contributed by atoms with Gasteiger partial charge in [0, 0.05) is 5.39 Å². The monoisotopic (exact) mass is 271 g/mol. The minimum atomic E-state index is -0.136. The lowest BCUT2D eigenvalue weighted by Gasteiger charge is -2.02. The van der Waals surface area contributed by atoms with Crippen molar-refractivity contribution in [2.75, 3.05) is 0 Å². The first-order valence-corrected chi connectivity index (χ1v) is 6.57. The maximum Gasteiger partial charge on any atom is 0.152 e. The minimum absolute atomic E-state index is 0.136. The van der Waals surface area contributed by atoms with Crippen LogP contribution in [0.3, 0.4) is 0 Å². The summed E-state index contributed by atoms with van der Waals surface area (Å²) in [6.07, 6.45) is 0. The molecule has 96 valence electrons. The van der Waals surface area contributed by atoms with Gasteiger partial charge in [-0.1, -0.05) is 41.9 Å². The van der Waals surface area contributed by atoms with Crippen LogP contribution in [0.1, 0.15) is 18.7 Å². The summed E-state index contributed by atoms with van der Waals surface area (Å²) in [5, 5.41) is 1.60. The van der Waals surface area contributed by atoms with E-state index in [1.54, 1.807) is 0 Å². The Morgan fingerprint density at radius 3 is 2.47 bits per heavy atom. The molecule has 3 rings (SSSR count). The second-order valence-corrected chi connectivity index (χ2v) is 5.09. The van der Waals surface area contributed by atoms with E-state index in [1.165, 1.54) is 0 Å². The molecule has 3 aromatic rings. The highest BCUT2D eigenvalue weighted by Crippen LogP contribution is 2.33. The summed E-state index contributed by atoms with van der Waals surface area (Å²) in [7, 11) is 0. The average molecular weight is 272 g/mol. The Balaban J connectivity index is 2.19. The van der Waals surface area contributed by atoms with Crippen LogP contribution >= 0.6 is 11.6 Å². The molecule has 1 aromatic heterocycles. The van der Waals surface area contributed by atoms with Gasteiger partial charge in [-0.15, -0.1) is 0 Å². The van der Waals surface area contributed by atoms with E-state index in [-0.39, 0.29) is 6.04 Å². The van der Waals surface area contributed by atoms with Crippen molar-refractivity contribution in [3.8, 4) is 11.1 Å². The maximum absolute atomic E-state index is 6.30. The summed E-state index contributed by atoms with van der Waals surface area (Å²) in [5.74, 6) is 0.752. The third-order valence-corrected chi connectivity index (χ3v) is 3.43. The third kappa shape index (κ3) is 2.25. The Morgan fingerprint density at radius 1 is 1.05 bits per heavy atom. The van der Waals surface area contributed by atoms with Crippen LogP contribution in [0, 0.1) is 0 Å². The van der Waals surface area contributed by atoms with Gasteiger partial charge in [0.05, 0.1) is 11.1 Å². The molecule has 0 bridgehead atoms. The highest BCUT2D eigenvalue weighted by molar-refractivity contribution is 6.35. The van der Waals surface area contributed by atoms with E-state index < -0.39 is 0 Å². The predicted molar refractivity (Wildman–Crippen MR) is 79.3 cm³/mol. The fraction of sp³-hybridized carbons (Fsp3) is 0.125. The first-order chi connectivity index (χ1) is 9.15. The molecule has 0 saturated heterocycles. The van der Waals surface area contributed by atoms with Gasteiger partial charge in [-0.2, -0.15) is 0 Å². The molecule has 1 unspecified atom stereocenters. The molecule has 2 N–H and O–H groups in total. The van der Waals surface area contributed by atoms with Crippen LogP contribution in [0.4, 0.5) is 0 Å². The van der Waals surface area contributed by atoms with E-state index in [2.05, 4.69) is 18.2 Å². The predicted octanol–water partition coefficient (Wildman–Crippen LogP) is 4.77. The molecule has 0 aliphatic carbocycles. The molecule has 0 aliphatic rings. The second kappa shape index (κ2) is 4.72. The van der Waals surface area contributed by atoms with Gasteiger partial charge in [-0.05, 0) is 36.2 Å². The maximum atomic E-state index is 6.30. The first kappa shape index (κ1) is 12.3. The van der Waals surface area contributed by atoms with E-state index in [0.29, 0.717) is 10.6 Å². The summed E-state index contributed by atoms with van der Waals surface area (Å²) in [6.45, 7) is 1.89. The summed E-state index contributed by atoms with van der Waals surface area (Å²) in [4.78, 5) is 0. The molecule has 0 amide bonds. The fourth-order valence-electron chi connectivity index (χ4n) is 2.15. The minimum Gasteiger partial charge on any atom is -0.458 e. The van der Waals surface area contributed by atoms with Crippen molar-refractivity contribution in [1.82, 2.24) is 0 Å². The lowest BCUT2D eigenvalue weighted by Crippen LogP contribution is -2.02. The van der Waals surface area contributed by atoms with Crippen molar-refractivity contribution in [3.05, 3.63) is 59.3 Å². The smallest absolute Gasteiger partial charge is 0.152 e. The molecule has 2 aromatic carbocycles. The van der Waals surface area contributed by atoms with Crippen LogP contribution in [-0.2, 0) is 0 Å². The molecule has 0 saturated carbocycles. The number of furan rings is 1. The Bertz CT molecular complexity index is 716. The molecular weight excluding hydrogens is 258 g/mol. The van der Waals surface area contributed by atoms with Gasteiger partial charge in [0.15, 0.2) is 5.58 Å². The van der Waals surface area contributed by atoms with Gasteiger partial charge in [0.1, 0.15) is 5.76 Å². The normalized spacial score (nSPS) is 12.8. The molecule has 3 heteroatoms. The van der Waals surface area contributed by atoms with E-state index in [4.69, 9.17) is 21.8 Å². The lowest BCUT2D eigenvalue weighted by molar-refractivity contribution is 0.513. The van der Waals surface area contributed by atoms with Gasteiger partial charge in [-0.3, -0.25) is 0 Å². The molecule has 0 radical (unpaired) electrons. The summed E-state index contributed by atoms with van der Waals surface area (Å²) < 4.78 is 5.69. The van der Waals surface area contributed by atoms with Gasteiger partial charge in [0.25, 0.3) is 0 Å². The molecule has 1 heterocycles. The lowest BCUT2D eigenvalue weighted by atomic mass is 10.0. The van der Waals surface area contributed by atoms with Gasteiger partial charge >= 0.3 is 0 Å². The van der Waals surface area contributed by atoms with Gasteiger partial charge in [-0.25, -0.2) is 0 Å². The van der Waals surface area contributed by atoms with Crippen molar-refractivity contribution in [3.63, 3.8) is 0 Å². The number of halogens is 1. The van der Waals surface area contributed by atoms with Gasteiger partial charge in [0.2, 0.25) is 0 Å². The second-order valence-electron chi connectivity index (χ2n) is 4.68. The molecule has 1 atom stereocenters. The molecule has 0 spiro atoms. The standard InChI is InChI=1S/C16H14ClNO/c1-10(18)15-9-13-7-12(8-14(17)16(13)19-15)11-5-3-2-4-6-11/h2-10H,18H2,1H3. The Hall–Kier alpha value is -1.77. The number of benzene rings is 2. The van der Waals surface area contributed by atoms with Crippen molar-refractivity contribution in [2.24, 2.45) is 5.73 Å². The van der Waals surface area contributed by atoms with Crippen LogP contribution in [-0.4, -0.2) is 0 Å². The van der Waals surface area contributed by atoms with E-state index in [1.807, 2.05) is 37.3 Å². The van der Waals surface area contributed by atoms with Crippen molar-refractivity contribution in [1.29, 1.82) is 0 Å². The molecular formula is C16H14ClNO. The van der Waals surface area contributed by atoms with Gasteiger partial charge < -0.3 is 10.2 Å². The summed E-state index contributed by atoms with van der Waals surface area (Å²) in [6, 6.07) is 16.0. The van der Waals surface area contributed by atoms with Crippen LogP contribution in [0.2, 0.25) is 5.02 Å². The van der Waals surface area contributed by atoms with E-state index >= 15 is 0 Å². The molecule has 0 fully saturated rings. The Morgan fingerprint density at radius 2 is 1.79 bits per heavy atom. The quantitative estimate of drug-likeness (QED) is 0.729. The Labute approximate surface area is 116 Å². The first-order valence-electron chi connectivity index (χ1n) is 6.19. The van der Waals surface area contributed by atoms with Crippen molar-refractivity contribution in [2.45, 2.75) is 13.0 Å². The molecule has 19 heavy (non-hydrogen) atoms. The molecule has 0 aliphatic heterocycles. The van der Waals surface area contributed by atoms with Crippen molar-refractivity contribution < 1.29 is 4.42 Å². The largest absolute Gasteiger partial charge is 0.458 e. The highest BCUT2D eigenvalue weighted by atomic mass is 35.5. The molecule has 2 nitrogen and oxygen atoms in total. The SMILES string of the molecule is CC(N)c1cc2cc(-c3ccccc3)cc(Cl)c2o1. The zero-order valence-electron chi connectivity index (χ0n) is 10.6. The number of nitrogens with two attached hydrogens (primary N) is 1. The van der Waals surface area contributed by atoms with E-state index in [9.17, 15) is 0 Å². The topological polar surface area (TPSA) is 39.2 Å². The van der Waals surface area contributed by atoms with Crippen molar-refractivity contribution >= 4 is 22.6 Å². The van der Waals surface area contributed by atoms with Crippen LogP contribution in [0.25, 0.3) is 22.1 Å². The van der Waals surface area contributed by atoms with E-state index in [0.717, 1.165) is 22.3 Å². The zero-order valence-corrected chi connectivity index (χ0v) is 11.3. The third-order valence-electron chi connectivity index (χ3n) is 3.15.